The predicted octanol–water partition coefficient (Wildman–Crippen LogP) is 2.88. The minimum absolute atomic E-state index is 0.0452. The van der Waals surface area contributed by atoms with E-state index in [-0.39, 0.29) is 12.0 Å². The highest BCUT2D eigenvalue weighted by molar-refractivity contribution is 7.96. The number of aldehydes is 1. The average molecular weight is 530 g/mol. The number of aliphatic hydroxyl groups is 1. The van der Waals surface area contributed by atoms with Crippen LogP contribution in [0.4, 0.5) is 0 Å². The Labute approximate surface area is 223 Å². The monoisotopic (exact) mass is 529 g/mol. The van der Waals surface area contributed by atoms with Gasteiger partial charge in [0.25, 0.3) is 0 Å². The van der Waals surface area contributed by atoms with Gasteiger partial charge in [-0.1, -0.05) is 111 Å². The lowest BCUT2D eigenvalue weighted by Crippen LogP contribution is -2.70. The Morgan fingerprint density at radius 1 is 0.947 bits per heavy atom. The molecule has 0 saturated carbocycles. The van der Waals surface area contributed by atoms with Crippen molar-refractivity contribution in [1.29, 1.82) is 0 Å². The molecule has 1 saturated heterocycles. The van der Waals surface area contributed by atoms with Crippen molar-refractivity contribution in [3.8, 4) is 0 Å². The fraction of sp³-hybridized carbons (Fsp3) is 0.226. The summed E-state index contributed by atoms with van der Waals surface area (Å²) in [6.45, 7) is 3.82. The minimum atomic E-state index is -3.05. The first-order valence-electron chi connectivity index (χ1n) is 12.6. The van der Waals surface area contributed by atoms with Gasteiger partial charge in [-0.05, 0) is 22.8 Å². The Kier molecular flexibility index (Phi) is 8.45. The summed E-state index contributed by atoms with van der Waals surface area (Å²) in [7, 11) is 0. The number of nitrogens with zero attached hydrogens (tertiary/aromatic N) is 1. The van der Waals surface area contributed by atoms with Crippen LogP contribution in [0.3, 0.4) is 0 Å². The van der Waals surface area contributed by atoms with Crippen LogP contribution in [0.25, 0.3) is 0 Å². The maximum absolute atomic E-state index is 14.2. The highest BCUT2D eigenvalue weighted by atomic mass is 31.2. The predicted molar refractivity (Wildman–Crippen MR) is 152 cm³/mol. The Balaban J connectivity index is 2.23. The van der Waals surface area contributed by atoms with Crippen molar-refractivity contribution < 1.29 is 24.2 Å². The molecule has 4 rings (SSSR count). The van der Waals surface area contributed by atoms with Crippen molar-refractivity contribution in [3.05, 3.63) is 104 Å². The van der Waals surface area contributed by atoms with Gasteiger partial charge in [-0.2, -0.15) is 0 Å². The van der Waals surface area contributed by atoms with Gasteiger partial charge < -0.3 is 19.5 Å². The lowest BCUT2D eigenvalue weighted by Gasteiger charge is -2.52. The summed E-state index contributed by atoms with van der Waals surface area (Å²) < 4.78 is 5.68. The number of hydrogen-bond donors (Lipinski definition) is 1. The second kappa shape index (κ2) is 11.8. The van der Waals surface area contributed by atoms with Crippen LogP contribution in [0, 0.1) is 11.8 Å². The van der Waals surface area contributed by atoms with Crippen LogP contribution in [-0.2, 0) is 19.1 Å². The molecule has 1 fully saturated rings. The lowest BCUT2D eigenvalue weighted by atomic mass is 9.77. The van der Waals surface area contributed by atoms with Gasteiger partial charge in [0.15, 0.2) is 0 Å². The summed E-state index contributed by atoms with van der Waals surface area (Å²) >= 11 is 0. The second-order valence-corrected chi connectivity index (χ2v) is 12.7. The van der Waals surface area contributed by atoms with Crippen molar-refractivity contribution in [2.24, 2.45) is 11.8 Å². The first kappa shape index (κ1) is 27.3. The first-order valence-corrected chi connectivity index (χ1v) is 14.4. The zero-order valence-electron chi connectivity index (χ0n) is 21.5. The molecule has 0 aromatic heterocycles. The van der Waals surface area contributed by atoms with Crippen molar-refractivity contribution in [2.75, 3.05) is 6.61 Å². The molecule has 6 nitrogen and oxygen atoms in total. The molecule has 0 bridgehead atoms. The third-order valence-corrected chi connectivity index (χ3v) is 11.2. The van der Waals surface area contributed by atoms with Gasteiger partial charge in [0.05, 0.1) is 18.1 Å². The van der Waals surface area contributed by atoms with E-state index in [0.717, 1.165) is 22.2 Å². The largest absolute Gasteiger partial charge is 0.457 e. The van der Waals surface area contributed by atoms with Crippen LogP contribution in [0.15, 0.2) is 104 Å². The van der Waals surface area contributed by atoms with Crippen molar-refractivity contribution in [3.63, 3.8) is 0 Å². The van der Waals surface area contributed by atoms with Crippen molar-refractivity contribution >= 4 is 46.4 Å². The standard InChI is InChI=1S/C31H32NO5P/c1-4-20-37-31(36)30(32-28(22(2)21-33)27(23(3)34)29(32)35)38(24-14-8-5-9-15-24,25-16-10-6-11-17-25)26-18-12-7-13-19-26/h4-19,21-23,27-28,34H,1,20H2,2-3H3/t22-,23+,27+,28+/m0/s1. The Morgan fingerprint density at radius 3 is 1.76 bits per heavy atom. The van der Waals surface area contributed by atoms with Crippen LogP contribution in [-0.4, -0.2) is 52.3 Å². The molecule has 0 aliphatic carbocycles. The van der Waals surface area contributed by atoms with Crippen LogP contribution in [0.5, 0.6) is 0 Å². The van der Waals surface area contributed by atoms with E-state index >= 15 is 0 Å². The molecule has 3 aromatic carbocycles. The lowest BCUT2D eigenvalue weighted by molar-refractivity contribution is -0.160. The summed E-state index contributed by atoms with van der Waals surface area (Å²) in [5, 5.41) is 13.1. The van der Waals surface area contributed by atoms with E-state index in [4.69, 9.17) is 4.74 Å². The van der Waals surface area contributed by atoms with E-state index < -0.39 is 42.7 Å². The molecule has 196 valence electrons. The SMILES string of the molecule is C=CCOC(=O)C(N1C(=O)[C@H]([C@@H](C)O)[C@H]1[C@@H](C)C=O)=P(c1ccccc1)(c1ccccc1)c1ccccc1. The van der Waals surface area contributed by atoms with Gasteiger partial charge in [0.2, 0.25) is 5.91 Å². The normalized spacial score (nSPS) is 18.6. The van der Waals surface area contributed by atoms with Gasteiger partial charge in [-0.15, -0.1) is 0 Å². The fourth-order valence-corrected chi connectivity index (χ4v) is 9.66. The smallest absolute Gasteiger partial charge is 0.356 e. The molecule has 7 heteroatoms. The number of likely N-dealkylation sites (tertiary alicyclic amines) is 1. The van der Waals surface area contributed by atoms with Gasteiger partial charge in [-0.3, -0.25) is 4.79 Å². The molecule has 1 aliphatic heterocycles. The first-order chi connectivity index (χ1) is 18.4. The van der Waals surface area contributed by atoms with Gasteiger partial charge in [0.1, 0.15) is 18.3 Å². The zero-order chi connectivity index (χ0) is 27.3. The summed E-state index contributed by atoms with van der Waals surface area (Å²) in [6, 6.07) is 28.2. The number of aliphatic hydroxyl groups excluding tert-OH is 1. The second-order valence-electron chi connectivity index (χ2n) is 9.35. The molecule has 4 atom stereocenters. The van der Waals surface area contributed by atoms with Crippen molar-refractivity contribution in [2.45, 2.75) is 26.0 Å². The Bertz CT molecular complexity index is 1250. The zero-order valence-corrected chi connectivity index (χ0v) is 22.4. The van der Waals surface area contributed by atoms with E-state index in [1.54, 1.807) is 6.92 Å². The van der Waals surface area contributed by atoms with E-state index in [1.807, 2.05) is 91.0 Å². The molecular weight excluding hydrogens is 497 g/mol. The highest BCUT2D eigenvalue weighted by Gasteiger charge is 2.56. The van der Waals surface area contributed by atoms with E-state index in [9.17, 15) is 19.5 Å². The maximum Gasteiger partial charge on any atom is 0.356 e. The van der Waals surface area contributed by atoms with Crippen LogP contribution in [0.2, 0.25) is 0 Å². The molecule has 1 heterocycles. The maximum atomic E-state index is 14.2. The summed E-state index contributed by atoms with van der Waals surface area (Å²) in [5.41, 5.74) is 0.184. The summed E-state index contributed by atoms with van der Waals surface area (Å²) in [4.78, 5) is 41.4. The third kappa shape index (κ3) is 4.66. The minimum Gasteiger partial charge on any atom is -0.457 e. The molecule has 38 heavy (non-hydrogen) atoms. The molecular formula is C31H32NO5P. The topological polar surface area (TPSA) is 83.9 Å². The Morgan fingerprint density at radius 2 is 1.39 bits per heavy atom. The number of carbonyl (C=O) groups is 3. The molecule has 0 spiro atoms. The van der Waals surface area contributed by atoms with Gasteiger partial charge in [-0.25, -0.2) is 4.79 Å². The third-order valence-electron chi connectivity index (χ3n) is 6.95. The number of esters is 1. The Hall–Kier alpha value is -3.73. The molecule has 3 aromatic rings. The summed E-state index contributed by atoms with van der Waals surface area (Å²) in [6.07, 6.45) is 1.25. The number of hydrogen-bond acceptors (Lipinski definition) is 5. The highest BCUT2D eigenvalue weighted by Crippen LogP contribution is 2.50. The number of rotatable bonds is 10. The van der Waals surface area contributed by atoms with E-state index in [0.29, 0.717) is 0 Å². The number of carbonyl (C=O) groups excluding carboxylic acids is 3. The molecule has 0 radical (unpaired) electrons. The molecule has 1 aliphatic rings. The summed E-state index contributed by atoms with van der Waals surface area (Å²) in [5.74, 6) is -2.51. The van der Waals surface area contributed by atoms with Gasteiger partial charge >= 0.3 is 5.97 Å². The number of benzene rings is 3. The molecule has 0 unspecified atom stereocenters. The van der Waals surface area contributed by atoms with Crippen molar-refractivity contribution in [1.82, 2.24) is 4.90 Å². The van der Waals surface area contributed by atoms with Crippen LogP contribution in [0.1, 0.15) is 13.8 Å². The average Bonchev–Trinajstić information content (AvgIpc) is 2.95. The molecule has 1 amide bonds. The number of amides is 1. The fourth-order valence-electron chi connectivity index (χ4n) is 5.28. The quantitative estimate of drug-likeness (QED) is 0.144. The number of β-lactam (4-membered cyclic amide) rings is 1. The van der Waals surface area contributed by atoms with E-state index in [1.165, 1.54) is 17.9 Å². The molecule has 1 N–H and O–H groups in total. The van der Waals surface area contributed by atoms with Crippen LogP contribution >= 0.6 is 6.89 Å². The van der Waals surface area contributed by atoms with Gasteiger partial charge in [0, 0.05) is 12.8 Å². The van der Waals surface area contributed by atoms with E-state index in [2.05, 4.69) is 6.58 Å². The number of ether oxygens (including phenoxy) is 1. The van der Waals surface area contributed by atoms with Crippen LogP contribution < -0.4 is 15.9 Å².